The first kappa shape index (κ1) is 16.8. The second-order valence-corrected chi connectivity index (χ2v) is 5.93. The fourth-order valence-corrected chi connectivity index (χ4v) is 2.70. The van der Waals surface area contributed by atoms with Gasteiger partial charge in [0.25, 0.3) is 5.91 Å². The minimum atomic E-state index is 0. The van der Waals surface area contributed by atoms with Crippen molar-refractivity contribution in [2.45, 2.75) is 13.3 Å². The lowest BCUT2D eigenvalue weighted by Crippen LogP contribution is -2.46. The Morgan fingerprint density at radius 1 is 1.27 bits per heavy atom. The molecule has 22 heavy (non-hydrogen) atoms. The Labute approximate surface area is 136 Å². The van der Waals surface area contributed by atoms with Crippen molar-refractivity contribution in [1.29, 1.82) is 0 Å². The van der Waals surface area contributed by atoms with Crippen molar-refractivity contribution in [3.63, 3.8) is 0 Å². The van der Waals surface area contributed by atoms with E-state index in [9.17, 15) is 9.59 Å². The molecule has 2 unspecified atom stereocenters. The minimum Gasteiger partial charge on any atom is -0.336 e. The first-order valence-electron chi connectivity index (χ1n) is 7.56. The van der Waals surface area contributed by atoms with Gasteiger partial charge in [0.1, 0.15) is 0 Å². The van der Waals surface area contributed by atoms with Crippen LogP contribution in [0.1, 0.15) is 23.7 Å². The Morgan fingerprint density at radius 3 is 2.59 bits per heavy atom. The third-order valence-electron chi connectivity index (χ3n) is 4.23. The molecule has 0 spiro atoms. The zero-order valence-electron chi connectivity index (χ0n) is 12.7. The van der Waals surface area contributed by atoms with Crippen LogP contribution in [0, 0.1) is 11.8 Å². The van der Waals surface area contributed by atoms with Gasteiger partial charge in [-0.3, -0.25) is 9.59 Å². The zero-order chi connectivity index (χ0) is 14.8. The van der Waals surface area contributed by atoms with Gasteiger partial charge in [0, 0.05) is 43.3 Å². The van der Waals surface area contributed by atoms with E-state index in [2.05, 4.69) is 17.6 Å². The van der Waals surface area contributed by atoms with Crippen LogP contribution in [-0.4, -0.2) is 42.9 Å². The van der Waals surface area contributed by atoms with E-state index in [0.717, 1.165) is 32.6 Å². The molecule has 1 aromatic carbocycles. The van der Waals surface area contributed by atoms with Crippen LogP contribution in [0.4, 0.5) is 5.69 Å². The normalized spacial score (nSPS) is 23.4. The summed E-state index contributed by atoms with van der Waals surface area (Å²) in [4.78, 5) is 26.2. The average molecular weight is 324 g/mol. The Bertz CT molecular complexity index is 558. The SMILES string of the molecule is CC1CC1C(=O)Nc1cccc(C(=O)N2CCNCC2)c1.Cl. The van der Waals surface area contributed by atoms with Gasteiger partial charge in [-0.2, -0.15) is 0 Å². The standard InChI is InChI=1S/C16H21N3O2.ClH/c1-11-9-14(11)15(20)18-13-4-2-3-12(10-13)16(21)19-7-5-17-6-8-19;/h2-4,10-11,14,17H,5-9H2,1H3,(H,18,20);1H. The molecule has 2 fully saturated rings. The van der Waals surface area contributed by atoms with Crippen LogP contribution in [0.5, 0.6) is 0 Å². The third-order valence-corrected chi connectivity index (χ3v) is 4.23. The van der Waals surface area contributed by atoms with Crippen LogP contribution in [0.2, 0.25) is 0 Å². The predicted molar refractivity (Wildman–Crippen MR) is 88.4 cm³/mol. The second-order valence-electron chi connectivity index (χ2n) is 5.93. The number of amides is 2. The summed E-state index contributed by atoms with van der Waals surface area (Å²) < 4.78 is 0. The molecule has 0 aromatic heterocycles. The van der Waals surface area contributed by atoms with Crippen LogP contribution in [0.15, 0.2) is 24.3 Å². The maximum Gasteiger partial charge on any atom is 0.254 e. The van der Waals surface area contributed by atoms with Gasteiger partial charge in [-0.05, 0) is 30.5 Å². The lowest BCUT2D eigenvalue weighted by atomic mass is 10.1. The fraction of sp³-hybridized carbons (Fsp3) is 0.500. The number of carbonyl (C=O) groups excluding carboxylic acids is 2. The topological polar surface area (TPSA) is 61.4 Å². The summed E-state index contributed by atoms with van der Waals surface area (Å²) in [7, 11) is 0. The van der Waals surface area contributed by atoms with Crippen LogP contribution in [0.3, 0.4) is 0 Å². The van der Waals surface area contributed by atoms with Gasteiger partial charge >= 0.3 is 0 Å². The fourth-order valence-electron chi connectivity index (χ4n) is 2.70. The molecule has 6 heteroatoms. The van der Waals surface area contributed by atoms with E-state index < -0.39 is 0 Å². The Hall–Kier alpha value is -1.59. The number of benzene rings is 1. The van der Waals surface area contributed by atoms with Crippen molar-refractivity contribution in [3.8, 4) is 0 Å². The van der Waals surface area contributed by atoms with Gasteiger partial charge in [-0.1, -0.05) is 13.0 Å². The van der Waals surface area contributed by atoms with Crippen LogP contribution in [0.25, 0.3) is 0 Å². The largest absolute Gasteiger partial charge is 0.336 e. The molecular weight excluding hydrogens is 302 g/mol. The highest BCUT2D eigenvalue weighted by atomic mass is 35.5. The van der Waals surface area contributed by atoms with E-state index in [4.69, 9.17) is 0 Å². The van der Waals surface area contributed by atoms with Gasteiger partial charge in [-0.25, -0.2) is 0 Å². The molecule has 0 bridgehead atoms. The smallest absolute Gasteiger partial charge is 0.254 e. The van der Waals surface area contributed by atoms with E-state index in [1.165, 1.54) is 0 Å². The molecule has 1 saturated carbocycles. The molecule has 120 valence electrons. The predicted octanol–water partition coefficient (Wildman–Crippen LogP) is 1.75. The zero-order valence-corrected chi connectivity index (χ0v) is 13.5. The summed E-state index contributed by atoms with van der Waals surface area (Å²) in [5.41, 5.74) is 1.35. The molecule has 0 radical (unpaired) electrons. The average Bonchev–Trinajstić information content (AvgIpc) is 3.25. The molecule has 5 nitrogen and oxygen atoms in total. The van der Waals surface area contributed by atoms with Crippen molar-refractivity contribution >= 4 is 29.9 Å². The van der Waals surface area contributed by atoms with Crippen molar-refractivity contribution in [2.24, 2.45) is 11.8 Å². The van der Waals surface area contributed by atoms with Crippen molar-refractivity contribution in [2.75, 3.05) is 31.5 Å². The van der Waals surface area contributed by atoms with E-state index in [1.54, 1.807) is 12.1 Å². The molecule has 2 aliphatic rings. The molecule has 1 aromatic rings. The summed E-state index contributed by atoms with van der Waals surface area (Å²) >= 11 is 0. The number of rotatable bonds is 3. The van der Waals surface area contributed by atoms with Crippen LogP contribution in [-0.2, 0) is 4.79 Å². The Kier molecular flexibility index (Phi) is 5.42. The number of hydrogen-bond acceptors (Lipinski definition) is 3. The molecule has 1 heterocycles. The summed E-state index contributed by atoms with van der Waals surface area (Å²) in [5.74, 6) is 0.717. The Balaban J connectivity index is 0.00000176. The summed E-state index contributed by atoms with van der Waals surface area (Å²) in [6, 6.07) is 7.23. The maximum absolute atomic E-state index is 12.4. The third kappa shape index (κ3) is 3.78. The summed E-state index contributed by atoms with van der Waals surface area (Å²) in [6.07, 6.45) is 0.964. The Morgan fingerprint density at radius 2 is 1.95 bits per heavy atom. The van der Waals surface area contributed by atoms with Crippen LogP contribution < -0.4 is 10.6 Å². The van der Waals surface area contributed by atoms with Crippen molar-refractivity contribution in [3.05, 3.63) is 29.8 Å². The molecular formula is C16H22ClN3O2. The van der Waals surface area contributed by atoms with Gasteiger partial charge in [-0.15, -0.1) is 12.4 Å². The monoisotopic (exact) mass is 323 g/mol. The van der Waals surface area contributed by atoms with Crippen molar-refractivity contribution in [1.82, 2.24) is 10.2 Å². The van der Waals surface area contributed by atoms with Gasteiger partial charge < -0.3 is 15.5 Å². The van der Waals surface area contributed by atoms with E-state index >= 15 is 0 Å². The number of halogens is 1. The van der Waals surface area contributed by atoms with E-state index in [-0.39, 0.29) is 30.1 Å². The molecule has 2 amide bonds. The number of piperazine rings is 1. The summed E-state index contributed by atoms with van der Waals surface area (Å²) in [5, 5.41) is 6.14. The van der Waals surface area contributed by atoms with Crippen LogP contribution >= 0.6 is 12.4 Å². The number of hydrogen-bond donors (Lipinski definition) is 2. The van der Waals surface area contributed by atoms with E-state index in [1.807, 2.05) is 17.0 Å². The number of nitrogens with one attached hydrogen (secondary N) is 2. The quantitative estimate of drug-likeness (QED) is 0.891. The maximum atomic E-state index is 12.4. The minimum absolute atomic E-state index is 0. The van der Waals surface area contributed by atoms with Crippen molar-refractivity contribution < 1.29 is 9.59 Å². The molecule has 1 aliphatic carbocycles. The van der Waals surface area contributed by atoms with Gasteiger partial charge in [0.2, 0.25) is 5.91 Å². The highest BCUT2D eigenvalue weighted by molar-refractivity contribution is 5.98. The number of anilines is 1. The number of carbonyl (C=O) groups is 2. The lowest BCUT2D eigenvalue weighted by molar-refractivity contribution is -0.117. The second kappa shape index (κ2) is 7.11. The van der Waals surface area contributed by atoms with Gasteiger partial charge in [0.05, 0.1) is 0 Å². The van der Waals surface area contributed by atoms with E-state index in [0.29, 0.717) is 17.2 Å². The lowest BCUT2D eigenvalue weighted by Gasteiger charge is -2.27. The highest BCUT2D eigenvalue weighted by Crippen LogP contribution is 2.38. The highest BCUT2D eigenvalue weighted by Gasteiger charge is 2.39. The number of nitrogens with zero attached hydrogens (tertiary/aromatic N) is 1. The summed E-state index contributed by atoms with van der Waals surface area (Å²) in [6.45, 7) is 5.21. The molecule has 1 saturated heterocycles. The first-order chi connectivity index (χ1) is 10.1. The first-order valence-corrected chi connectivity index (χ1v) is 7.56. The molecule has 1 aliphatic heterocycles. The molecule has 2 atom stereocenters. The molecule has 3 rings (SSSR count). The molecule has 2 N–H and O–H groups in total. The van der Waals surface area contributed by atoms with Gasteiger partial charge in [0.15, 0.2) is 0 Å².